The zero-order valence-electron chi connectivity index (χ0n) is 20.2. The lowest BCUT2D eigenvalue weighted by Crippen LogP contribution is -2.60. The topological polar surface area (TPSA) is 169 Å². The number of nitrogens with zero attached hydrogens (tertiary/aromatic N) is 5. The van der Waals surface area contributed by atoms with Crippen LogP contribution in [0.1, 0.15) is 5.56 Å². The van der Waals surface area contributed by atoms with Crippen molar-refractivity contribution in [3.8, 4) is 5.75 Å². The minimum absolute atomic E-state index is 0.154. The first kappa shape index (κ1) is 29.5. The van der Waals surface area contributed by atoms with Gasteiger partial charge in [0, 0.05) is 17.6 Å². The van der Waals surface area contributed by atoms with Crippen molar-refractivity contribution in [1.82, 2.24) is 25.7 Å². The maximum absolute atomic E-state index is 13.0. The van der Waals surface area contributed by atoms with Crippen LogP contribution in [0.4, 0.5) is 18.7 Å². The highest BCUT2D eigenvalue weighted by Crippen LogP contribution is 2.33. The van der Waals surface area contributed by atoms with Crippen LogP contribution in [0.25, 0.3) is 10.2 Å². The van der Waals surface area contributed by atoms with E-state index in [1.807, 2.05) is 6.07 Å². The molecule has 210 valence electrons. The monoisotopic (exact) mass is 572 g/mol. The number of aromatic nitrogens is 1. The lowest BCUT2D eigenvalue weighted by Gasteiger charge is -2.32. The van der Waals surface area contributed by atoms with Crippen LogP contribution >= 0.6 is 11.3 Å². The van der Waals surface area contributed by atoms with Gasteiger partial charge in [0.25, 0.3) is 5.91 Å². The van der Waals surface area contributed by atoms with E-state index in [-0.39, 0.29) is 37.8 Å². The Hall–Kier alpha value is -4.07. The second-order valence-electron chi connectivity index (χ2n) is 7.87. The molecule has 3 rings (SSSR count). The molecular formula is C21H23F3N8O6S. The zero-order valence-corrected chi connectivity index (χ0v) is 21.0. The maximum atomic E-state index is 13.0. The number of hydrazine groups is 3. The molecule has 14 nitrogen and oxygen atoms in total. The van der Waals surface area contributed by atoms with Crippen molar-refractivity contribution >= 4 is 44.4 Å². The molecule has 3 aromatic rings. The van der Waals surface area contributed by atoms with Crippen molar-refractivity contribution in [2.45, 2.75) is 12.5 Å². The van der Waals surface area contributed by atoms with Gasteiger partial charge in [0.05, 0.1) is 22.8 Å². The van der Waals surface area contributed by atoms with E-state index < -0.39 is 42.2 Å². The minimum atomic E-state index is -1.09. The summed E-state index contributed by atoms with van der Waals surface area (Å²) < 4.78 is 38.7. The van der Waals surface area contributed by atoms with Crippen LogP contribution in [0.15, 0.2) is 48.5 Å². The Morgan fingerprint density at radius 3 is 2.41 bits per heavy atom. The van der Waals surface area contributed by atoms with Gasteiger partial charge in [0.1, 0.15) is 11.9 Å². The third-order valence-corrected chi connectivity index (χ3v) is 6.17. The molecule has 0 radical (unpaired) electrons. The number of halogens is 3. The number of amides is 3. The number of hydrogen-bond donors (Lipinski definition) is 3. The number of fused-ring (bicyclic) bond motifs is 1. The fourth-order valence-corrected chi connectivity index (χ4v) is 4.17. The lowest BCUT2D eigenvalue weighted by molar-refractivity contribution is -0.533. The Morgan fingerprint density at radius 1 is 1.08 bits per heavy atom. The summed E-state index contributed by atoms with van der Waals surface area (Å²) in [5.41, 5.74) is 6.92. The van der Waals surface area contributed by atoms with E-state index in [1.54, 1.807) is 24.3 Å². The second kappa shape index (κ2) is 13.6. The summed E-state index contributed by atoms with van der Waals surface area (Å²) in [4.78, 5) is 46.0. The first-order chi connectivity index (χ1) is 18.7. The molecule has 0 unspecified atom stereocenters. The van der Waals surface area contributed by atoms with Crippen LogP contribution < -0.4 is 27.0 Å². The van der Waals surface area contributed by atoms with Crippen molar-refractivity contribution in [2.24, 2.45) is 11.6 Å². The van der Waals surface area contributed by atoms with E-state index in [2.05, 4.69) is 25.3 Å². The van der Waals surface area contributed by atoms with Gasteiger partial charge < -0.3 is 16.0 Å². The van der Waals surface area contributed by atoms with E-state index in [0.717, 1.165) is 10.5 Å². The molecule has 2 aromatic carbocycles. The molecule has 1 atom stereocenters. The number of carbonyl (C=O) groups excluding carboxylic acids is 3. The number of anilines is 1. The molecule has 0 saturated heterocycles. The molecular weight excluding hydrogens is 549 g/mol. The highest BCUT2D eigenvalue weighted by atomic mass is 32.1. The lowest BCUT2D eigenvalue weighted by atomic mass is 10.1. The van der Waals surface area contributed by atoms with Crippen molar-refractivity contribution in [3.63, 3.8) is 0 Å². The molecule has 0 bridgehead atoms. The van der Waals surface area contributed by atoms with Crippen molar-refractivity contribution < 1.29 is 43.0 Å². The molecule has 3 amide bonds. The first-order valence-corrected chi connectivity index (χ1v) is 11.8. The molecule has 0 saturated carbocycles. The Bertz CT molecular complexity index is 1290. The van der Waals surface area contributed by atoms with Gasteiger partial charge in [-0.25, -0.2) is 10.8 Å². The number of carbonyl (C=O) groups is 3. The number of nitrogens with two attached hydrogens (primary N) is 2. The Kier molecular flexibility index (Phi) is 10.3. The molecule has 0 aliphatic rings. The van der Waals surface area contributed by atoms with Gasteiger partial charge in [-0.3, -0.25) is 19.3 Å². The van der Waals surface area contributed by atoms with Gasteiger partial charge >= 0.3 is 0 Å². The Morgan fingerprint density at radius 2 is 1.77 bits per heavy atom. The maximum Gasteiger partial charge on any atom is 0.276 e. The molecule has 0 aliphatic heterocycles. The molecule has 0 spiro atoms. The van der Waals surface area contributed by atoms with E-state index >= 15 is 0 Å². The van der Waals surface area contributed by atoms with Gasteiger partial charge in [-0.2, -0.15) is 5.12 Å². The van der Waals surface area contributed by atoms with E-state index in [9.17, 15) is 28.0 Å². The van der Waals surface area contributed by atoms with Gasteiger partial charge in [0.2, 0.25) is 16.9 Å². The Balaban J connectivity index is 1.63. The van der Waals surface area contributed by atoms with Gasteiger partial charge in [-0.1, -0.05) is 41.7 Å². The van der Waals surface area contributed by atoms with E-state index in [0.29, 0.717) is 11.3 Å². The van der Waals surface area contributed by atoms with Gasteiger partial charge in [-0.05, 0) is 43.3 Å². The van der Waals surface area contributed by atoms with Crippen LogP contribution in [0.3, 0.4) is 0 Å². The van der Waals surface area contributed by atoms with E-state index in [4.69, 9.17) is 11.6 Å². The molecule has 5 N–H and O–H groups in total. The van der Waals surface area contributed by atoms with Crippen LogP contribution in [0.5, 0.6) is 5.75 Å². The number of benzene rings is 2. The number of nitrogens with one attached hydrogen (secondary N) is 1. The number of likely N-dealkylation sites (N-methyl/N-ethyl adjacent to an activating group) is 1. The minimum Gasteiger partial charge on any atom is -0.346 e. The third-order valence-electron chi connectivity index (χ3n) is 5.19. The summed E-state index contributed by atoms with van der Waals surface area (Å²) >= 11 is 0.699. The fraction of sp³-hybridized carbons (Fsp3) is 0.238. The van der Waals surface area contributed by atoms with Crippen LogP contribution in [-0.2, 0) is 30.9 Å². The molecule has 0 fully saturated rings. The normalized spacial score (nSPS) is 11.8. The summed E-state index contributed by atoms with van der Waals surface area (Å²) in [6.07, 6.45) is 0.241. The first-order valence-electron chi connectivity index (χ1n) is 10.9. The summed E-state index contributed by atoms with van der Waals surface area (Å²) in [7, 11) is 1.22. The highest BCUT2D eigenvalue weighted by Gasteiger charge is 2.33. The van der Waals surface area contributed by atoms with Gasteiger partial charge in [-0.15, -0.1) is 5.12 Å². The van der Waals surface area contributed by atoms with Crippen molar-refractivity contribution in [2.75, 3.05) is 25.3 Å². The van der Waals surface area contributed by atoms with Crippen LogP contribution in [-0.4, -0.2) is 64.2 Å². The largest absolute Gasteiger partial charge is 0.346 e. The number of hydrogen-bond acceptors (Lipinski definition) is 12. The molecule has 39 heavy (non-hydrogen) atoms. The van der Waals surface area contributed by atoms with Crippen LogP contribution in [0, 0.1) is 0 Å². The zero-order chi connectivity index (χ0) is 28.5. The predicted octanol–water partition coefficient (Wildman–Crippen LogP) is 0.977. The number of thiazole rings is 1. The highest BCUT2D eigenvalue weighted by molar-refractivity contribution is 7.22. The third kappa shape index (κ3) is 7.50. The summed E-state index contributed by atoms with van der Waals surface area (Å²) in [6.45, 7) is -1.21. The smallest absolute Gasteiger partial charge is 0.276 e. The standard InChI is InChI=1S/C21H23F3N8O6S/c1-29(18(33)11-27-20(35)15(25)9-13-5-3-2-4-6-13)12-19(34)30(26)31(32(37-23)38-24)21-28-16-8-7-14(36-22)10-17(16)39-21/h2-8,10,15H,9,11-12,25-26H2,1H3,(H,27,35)/t15-/m1/s1. The average Bonchev–Trinajstić information content (AvgIpc) is 3.36. The fourth-order valence-electron chi connectivity index (χ4n) is 3.19. The van der Waals surface area contributed by atoms with Crippen LogP contribution in [0.2, 0.25) is 0 Å². The van der Waals surface area contributed by atoms with Crippen molar-refractivity contribution in [3.05, 3.63) is 54.1 Å². The summed E-state index contributed by atoms with van der Waals surface area (Å²) in [5, 5.41) is 8.33. The second-order valence-corrected chi connectivity index (χ2v) is 8.88. The summed E-state index contributed by atoms with van der Waals surface area (Å²) in [5.74, 6) is 3.17. The Labute approximate surface area is 222 Å². The van der Waals surface area contributed by atoms with E-state index in [1.165, 1.54) is 25.2 Å². The molecule has 18 heteroatoms. The predicted molar refractivity (Wildman–Crippen MR) is 130 cm³/mol. The average molecular weight is 573 g/mol. The molecule has 0 aliphatic carbocycles. The SMILES string of the molecule is CN(CC(=O)N(N)N(c1nc2ccc(OF)cc2s1)N(OF)OF)C(=O)CNC(=O)[C@H](N)Cc1ccccc1. The van der Waals surface area contributed by atoms with Crippen molar-refractivity contribution in [1.29, 1.82) is 0 Å². The molecule has 1 aromatic heterocycles. The quantitative estimate of drug-likeness (QED) is 0.152. The van der Waals surface area contributed by atoms with Gasteiger partial charge in [0.15, 0.2) is 5.75 Å². The number of rotatable bonds is 13. The molecule has 1 heterocycles. The summed E-state index contributed by atoms with van der Waals surface area (Å²) in [6, 6.07) is 11.9.